The Balaban J connectivity index is 1.63. The largest absolute Gasteiger partial charge is 0.351 e. The van der Waals surface area contributed by atoms with Gasteiger partial charge in [0.05, 0.1) is 0 Å². The van der Waals surface area contributed by atoms with Crippen molar-refractivity contribution in [1.82, 2.24) is 15.2 Å². The van der Waals surface area contributed by atoms with Crippen LogP contribution in [0.25, 0.3) is 0 Å². The zero-order valence-corrected chi connectivity index (χ0v) is 19.0. The normalized spacial score (nSPS) is 15.1. The van der Waals surface area contributed by atoms with Gasteiger partial charge in [-0.05, 0) is 48.4 Å². The van der Waals surface area contributed by atoms with Gasteiger partial charge in [-0.2, -0.15) is 0 Å². The van der Waals surface area contributed by atoms with Crippen LogP contribution < -0.4 is 5.32 Å². The Morgan fingerprint density at radius 3 is 2.47 bits per heavy atom. The Labute approximate surface area is 193 Å². The molecule has 1 atom stereocenters. The van der Waals surface area contributed by atoms with Gasteiger partial charge in [0.25, 0.3) is 5.91 Å². The Hall–Kier alpha value is -2.99. The highest BCUT2D eigenvalue weighted by molar-refractivity contribution is 7.10. The molecule has 1 aliphatic carbocycles. The molecule has 6 heteroatoms. The van der Waals surface area contributed by atoms with E-state index in [0.717, 1.165) is 36.1 Å². The lowest BCUT2D eigenvalue weighted by Crippen LogP contribution is -2.47. The monoisotopic (exact) mass is 447 g/mol. The smallest absolute Gasteiger partial charge is 0.273 e. The molecule has 1 aliphatic rings. The Morgan fingerprint density at radius 2 is 1.78 bits per heavy atom. The fourth-order valence-electron chi connectivity index (χ4n) is 4.28. The van der Waals surface area contributed by atoms with Gasteiger partial charge in [0.15, 0.2) is 0 Å². The molecular formula is C26H29N3O2S. The highest BCUT2D eigenvalue weighted by atomic mass is 32.1. The van der Waals surface area contributed by atoms with Crippen LogP contribution >= 0.6 is 11.3 Å². The van der Waals surface area contributed by atoms with Crippen molar-refractivity contribution in [3.8, 4) is 0 Å². The second-order valence-electron chi connectivity index (χ2n) is 8.21. The van der Waals surface area contributed by atoms with E-state index in [-0.39, 0.29) is 17.9 Å². The molecule has 0 saturated heterocycles. The SMILES string of the molecule is O=C(NC1CCCCC1)[C@@H](c1cccs1)N(CCc1ccccc1)C(=O)c1ccccn1. The molecule has 1 fully saturated rings. The average molecular weight is 448 g/mol. The molecule has 0 unspecified atom stereocenters. The number of carbonyl (C=O) groups is 2. The summed E-state index contributed by atoms with van der Waals surface area (Å²) >= 11 is 1.51. The molecule has 4 rings (SSSR count). The number of nitrogens with zero attached hydrogens (tertiary/aromatic N) is 2. The van der Waals surface area contributed by atoms with Gasteiger partial charge in [-0.3, -0.25) is 14.6 Å². The summed E-state index contributed by atoms with van der Waals surface area (Å²) in [5.74, 6) is -0.324. The summed E-state index contributed by atoms with van der Waals surface area (Å²) in [6.07, 6.45) is 7.78. The second-order valence-corrected chi connectivity index (χ2v) is 9.19. The zero-order valence-electron chi connectivity index (χ0n) is 18.2. The van der Waals surface area contributed by atoms with Crippen molar-refractivity contribution >= 4 is 23.2 Å². The van der Waals surface area contributed by atoms with Crippen molar-refractivity contribution in [2.45, 2.75) is 50.6 Å². The molecule has 2 aromatic heterocycles. The van der Waals surface area contributed by atoms with Crippen molar-refractivity contribution in [3.05, 3.63) is 88.4 Å². The molecule has 2 heterocycles. The van der Waals surface area contributed by atoms with Gasteiger partial charge in [-0.1, -0.05) is 61.7 Å². The van der Waals surface area contributed by atoms with Crippen LogP contribution in [0, 0.1) is 0 Å². The van der Waals surface area contributed by atoms with Crippen LogP contribution in [-0.2, 0) is 11.2 Å². The molecule has 5 nitrogen and oxygen atoms in total. The van der Waals surface area contributed by atoms with Crippen molar-refractivity contribution in [2.24, 2.45) is 0 Å². The number of amides is 2. The number of nitrogens with one attached hydrogen (secondary N) is 1. The highest BCUT2D eigenvalue weighted by Gasteiger charge is 2.34. The summed E-state index contributed by atoms with van der Waals surface area (Å²) < 4.78 is 0. The van der Waals surface area contributed by atoms with Crippen LogP contribution in [0.4, 0.5) is 0 Å². The maximum absolute atomic E-state index is 13.6. The van der Waals surface area contributed by atoms with Crippen LogP contribution in [0.2, 0.25) is 0 Å². The van der Waals surface area contributed by atoms with E-state index in [0.29, 0.717) is 18.7 Å². The summed E-state index contributed by atoms with van der Waals surface area (Å²) in [6, 6.07) is 18.7. The molecule has 32 heavy (non-hydrogen) atoms. The zero-order chi connectivity index (χ0) is 22.2. The fourth-order valence-corrected chi connectivity index (χ4v) is 5.11. The molecule has 0 aliphatic heterocycles. The predicted octanol–water partition coefficient (Wildman–Crippen LogP) is 5.02. The number of thiophene rings is 1. The number of carbonyl (C=O) groups excluding carboxylic acids is 2. The maximum Gasteiger partial charge on any atom is 0.273 e. The standard InChI is InChI=1S/C26H29N3O2S/c30-25(28-21-12-5-2-6-13-21)24(23-15-9-19-32-23)29(18-16-20-10-3-1-4-11-20)26(31)22-14-7-8-17-27-22/h1,3-4,7-11,14-15,17,19,21,24H,2,5-6,12-13,16,18H2,(H,28,30)/t24-/m1/s1. The van der Waals surface area contributed by atoms with Gasteiger partial charge in [0.2, 0.25) is 5.91 Å². The van der Waals surface area contributed by atoms with Crippen LogP contribution in [0.15, 0.2) is 72.2 Å². The number of aromatic nitrogens is 1. The Bertz CT molecular complexity index is 986. The van der Waals surface area contributed by atoms with E-state index in [4.69, 9.17) is 0 Å². The van der Waals surface area contributed by atoms with Gasteiger partial charge in [0, 0.05) is 23.7 Å². The molecule has 0 radical (unpaired) electrons. The molecule has 3 aromatic rings. The first-order valence-electron chi connectivity index (χ1n) is 11.3. The van der Waals surface area contributed by atoms with Gasteiger partial charge < -0.3 is 10.2 Å². The molecule has 1 aromatic carbocycles. The van der Waals surface area contributed by atoms with E-state index in [1.165, 1.54) is 17.8 Å². The summed E-state index contributed by atoms with van der Waals surface area (Å²) in [6.45, 7) is 0.431. The fraction of sp³-hybridized carbons (Fsp3) is 0.346. The summed E-state index contributed by atoms with van der Waals surface area (Å²) in [5, 5.41) is 5.20. The number of rotatable bonds is 8. The van der Waals surface area contributed by atoms with Crippen molar-refractivity contribution in [3.63, 3.8) is 0 Å². The van der Waals surface area contributed by atoms with Gasteiger partial charge in [0.1, 0.15) is 11.7 Å². The van der Waals surface area contributed by atoms with E-state index in [1.807, 2.05) is 47.8 Å². The molecule has 0 bridgehead atoms. The summed E-state index contributed by atoms with van der Waals surface area (Å²) in [7, 11) is 0. The topological polar surface area (TPSA) is 62.3 Å². The number of benzene rings is 1. The van der Waals surface area contributed by atoms with Crippen LogP contribution in [0.5, 0.6) is 0 Å². The summed E-state index contributed by atoms with van der Waals surface area (Å²) in [4.78, 5) is 34.0. The minimum absolute atomic E-state index is 0.100. The van der Waals surface area contributed by atoms with E-state index >= 15 is 0 Å². The predicted molar refractivity (Wildman–Crippen MR) is 127 cm³/mol. The van der Waals surface area contributed by atoms with Crippen molar-refractivity contribution in [2.75, 3.05) is 6.54 Å². The summed E-state index contributed by atoms with van der Waals surface area (Å²) in [5.41, 5.74) is 1.48. The second kappa shape index (κ2) is 11.0. The molecule has 1 saturated carbocycles. The van der Waals surface area contributed by atoms with E-state index in [9.17, 15) is 9.59 Å². The quantitative estimate of drug-likeness (QED) is 0.527. The number of hydrogen-bond donors (Lipinski definition) is 1. The van der Waals surface area contributed by atoms with Gasteiger partial charge in [-0.25, -0.2) is 0 Å². The first-order valence-corrected chi connectivity index (χ1v) is 12.2. The molecule has 2 amide bonds. The molecule has 0 spiro atoms. The van der Waals surface area contributed by atoms with Crippen molar-refractivity contribution < 1.29 is 9.59 Å². The van der Waals surface area contributed by atoms with Crippen LogP contribution in [0.3, 0.4) is 0 Å². The average Bonchev–Trinajstić information content (AvgIpc) is 3.37. The van der Waals surface area contributed by atoms with Crippen molar-refractivity contribution in [1.29, 1.82) is 0 Å². The van der Waals surface area contributed by atoms with Crippen LogP contribution in [0.1, 0.15) is 59.1 Å². The Kier molecular flexibility index (Phi) is 7.67. The van der Waals surface area contributed by atoms with Crippen LogP contribution in [-0.4, -0.2) is 34.3 Å². The third-order valence-electron chi connectivity index (χ3n) is 5.95. The Morgan fingerprint density at radius 1 is 1.00 bits per heavy atom. The highest BCUT2D eigenvalue weighted by Crippen LogP contribution is 2.28. The van der Waals surface area contributed by atoms with E-state index in [2.05, 4.69) is 10.3 Å². The van der Waals surface area contributed by atoms with E-state index < -0.39 is 6.04 Å². The first-order chi connectivity index (χ1) is 15.7. The third kappa shape index (κ3) is 5.62. The lowest BCUT2D eigenvalue weighted by molar-refractivity contribution is -0.126. The minimum atomic E-state index is -0.671. The molecule has 166 valence electrons. The van der Waals surface area contributed by atoms with Gasteiger partial charge >= 0.3 is 0 Å². The number of hydrogen-bond acceptors (Lipinski definition) is 4. The first kappa shape index (κ1) is 22.2. The minimum Gasteiger partial charge on any atom is -0.351 e. The third-order valence-corrected chi connectivity index (χ3v) is 6.88. The lowest BCUT2D eigenvalue weighted by atomic mass is 9.95. The molecule has 1 N–H and O–H groups in total. The van der Waals surface area contributed by atoms with Gasteiger partial charge in [-0.15, -0.1) is 11.3 Å². The number of pyridine rings is 1. The maximum atomic E-state index is 13.6. The van der Waals surface area contributed by atoms with E-state index in [1.54, 1.807) is 29.3 Å². The lowest BCUT2D eigenvalue weighted by Gasteiger charge is -2.32. The molecular weight excluding hydrogens is 418 g/mol.